The van der Waals surface area contributed by atoms with Crippen molar-refractivity contribution < 1.29 is 18.3 Å². The number of anilines is 2. The first-order valence-electron chi connectivity index (χ1n) is 7.75. The third-order valence-corrected chi connectivity index (χ3v) is 4.13. The van der Waals surface area contributed by atoms with Crippen molar-refractivity contribution >= 4 is 17.3 Å². The van der Waals surface area contributed by atoms with Gasteiger partial charge in [0.25, 0.3) is 0 Å². The van der Waals surface area contributed by atoms with Crippen LogP contribution in [0.3, 0.4) is 0 Å². The van der Waals surface area contributed by atoms with Gasteiger partial charge in [-0.1, -0.05) is 30.3 Å². The van der Waals surface area contributed by atoms with Gasteiger partial charge >= 0.3 is 6.61 Å². The summed E-state index contributed by atoms with van der Waals surface area (Å²) in [5.74, 6) is -0.313. The highest BCUT2D eigenvalue weighted by atomic mass is 19.3. The second-order valence-corrected chi connectivity index (χ2v) is 5.61. The molecule has 0 spiro atoms. The van der Waals surface area contributed by atoms with Gasteiger partial charge in [0.15, 0.2) is 0 Å². The van der Waals surface area contributed by atoms with Crippen molar-refractivity contribution in [2.75, 3.05) is 16.8 Å². The fourth-order valence-corrected chi connectivity index (χ4v) is 2.91. The van der Waals surface area contributed by atoms with Gasteiger partial charge in [0, 0.05) is 12.2 Å². The minimum absolute atomic E-state index is 0.0464. The molecule has 0 aromatic heterocycles. The third kappa shape index (κ3) is 3.32. The quantitative estimate of drug-likeness (QED) is 0.908. The Balaban J connectivity index is 1.74. The summed E-state index contributed by atoms with van der Waals surface area (Å²) in [6, 6.07) is 13.7. The van der Waals surface area contributed by atoms with Gasteiger partial charge in [0.05, 0.1) is 5.69 Å². The zero-order valence-electron chi connectivity index (χ0n) is 13.2. The molecule has 2 aromatic rings. The van der Waals surface area contributed by atoms with Crippen LogP contribution in [0.2, 0.25) is 0 Å². The van der Waals surface area contributed by atoms with E-state index in [1.807, 2.05) is 29.2 Å². The van der Waals surface area contributed by atoms with Gasteiger partial charge in [-0.15, -0.1) is 0 Å². The van der Waals surface area contributed by atoms with Crippen LogP contribution in [0.4, 0.5) is 20.2 Å². The molecule has 1 amide bonds. The number of carbonyl (C=O) groups excluding carboxylic acids is 1. The average molecular weight is 332 g/mol. The standard InChI is InChI=1S/C18H18F2N2O2/c1-12(22-11-10-13-6-2-4-8-15(13)22)17(23)21-14-7-3-5-9-16(14)24-18(19)20/h2-9,12,18H,10-11H2,1H3,(H,21,23)/t12-/m1/s1. The molecule has 0 aliphatic carbocycles. The molecular formula is C18H18F2N2O2. The van der Waals surface area contributed by atoms with Gasteiger partial charge in [0.2, 0.25) is 5.91 Å². The molecule has 1 N–H and O–H groups in total. The highest BCUT2D eigenvalue weighted by molar-refractivity contribution is 5.98. The Bertz CT molecular complexity index is 736. The molecule has 1 atom stereocenters. The molecule has 3 rings (SSSR count). The number of rotatable bonds is 5. The molecule has 1 aliphatic heterocycles. The molecule has 0 saturated carbocycles. The lowest BCUT2D eigenvalue weighted by Crippen LogP contribution is -2.41. The largest absolute Gasteiger partial charge is 0.433 e. The molecule has 1 heterocycles. The molecule has 0 saturated heterocycles. The molecule has 126 valence electrons. The number of hydrogen-bond acceptors (Lipinski definition) is 3. The summed E-state index contributed by atoms with van der Waals surface area (Å²) in [6.45, 7) is -0.386. The molecular weight excluding hydrogens is 314 g/mol. The van der Waals surface area contributed by atoms with E-state index in [1.165, 1.54) is 11.6 Å². The van der Waals surface area contributed by atoms with Gasteiger partial charge in [-0.3, -0.25) is 4.79 Å². The lowest BCUT2D eigenvalue weighted by molar-refractivity contribution is -0.117. The van der Waals surface area contributed by atoms with Crippen molar-refractivity contribution in [3.63, 3.8) is 0 Å². The summed E-state index contributed by atoms with van der Waals surface area (Å²) in [4.78, 5) is 14.6. The number of fused-ring (bicyclic) bond motifs is 1. The van der Waals surface area contributed by atoms with E-state index >= 15 is 0 Å². The Morgan fingerprint density at radius 1 is 1.17 bits per heavy atom. The maximum atomic E-state index is 12.6. The van der Waals surface area contributed by atoms with Crippen LogP contribution in [0, 0.1) is 0 Å². The lowest BCUT2D eigenvalue weighted by Gasteiger charge is -2.26. The highest BCUT2D eigenvalue weighted by Crippen LogP contribution is 2.30. The number of benzene rings is 2. The second-order valence-electron chi connectivity index (χ2n) is 5.61. The molecule has 2 aromatic carbocycles. The second kappa shape index (κ2) is 6.86. The molecule has 0 radical (unpaired) electrons. The van der Waals surface area contributed by atoms with Crippen LogP contribution < -0.4 is 15.0 Å². The van der Waals surface area contributed by atoms with Crippen molar-refractivity contribution in [3.8, 4) is 5.75 Å². The maximum absolute atomic E-state index is 12.6. The zero-order chi connectivity index (χ0) is 17.1. The highest BCUT2D eigenvalue weighted by Gasteiger charge is 2.27. The number of alkyl halides is 2. The van der Waals surface area contributed by atoms with Crippen LogP contribution in [-0.2, 0) is 11.2 Å². The summed E-state index contributed by atoms with van der Waals surface area (Å²) in [5, 5.41) is 2.68. The zero-order valence-corrected chi connectivity index (χ0v) is 13.2. The summed E-state index contributed by atoms with van der Waals surface area (Å²) in [5.41, 5.74) is 2.48. The Kier molecular flexibility index (Phi) is 4.64. The molecule has 24 heavy (non-hydrogen) atoms. The van der Waals surface area contributed by atoms with Crippen molar-refractivity contribution in [1.82, 2.24) is 0 Å². The van der Waals surface area contributed by atoms with Crippen LogP contribution in [0.1, 0.15) is 12.5 Å². The van der Waals surface area contributed by atoms with E-state index in [0.29, 0.717) is 0 Å². The molecule has 0 bridgehead atoms. The molecule has 4 nitrogen and oxygen atoms in total. The van der Waals surface area contributed by atoms with E-state index in [4.69, 9.17) is 0 Å². The predicted octanol–water partition coefficient (Wildman–Crippen LogP) is 3.68. The Hall–Kier alpha value is -2.63. The SMILES string of the molecule is C[C@H](C(=O)Nc1ccccc1OC(F)F)N1CCc2ccccc21. The molecule has 1 aliphatic rings. The summed E-state index contributed by atoms with van der Waals surface area (Å²) >= 11 is 0. The van der Waals surface area contributed by atoms with Crippen LogP contribution in [0.5, 0.6) is 5.75 Å². The summed E-state index contributed by atoms with van der Waals surface area (Å²) < 4.78 is 29.4. The van der Waals surface area contributed by atoms with E-state index in [0.717, 1.165) is 18.7 Å². The number of ether oxygens (including phenoxy) is 1. The lowest BCUT2D eigenvalue weighted by atomic mass is 10.1. The third-order valence-electron chi connectivity index (χ3n) is 4.13. The van der Waals surface area contributed by atoms with Crippen LogP contribution in [0.25, 0.3) is 0 Å². The summed E-state index contributed by atoms with van der Waals surface area (Å²) in [6.07, 6.45) is 0.888. The first-order valence-corrected chi connectivity index (χ1v) is 7.75. The van der Waals surface area contributed by atoms with E-state index in [1.54, 1.807) is 25.1 Å². The molecule has 6 heteroatoms. The number of hydrogen-bond donors (Lipinski definition) is 1. The minimum Gasteiger partial charge on any atom is -0.433 e. The fraction of sp³-hybridized carbons (Fsp3) is 0.278. The first-order chi connectivity index (χ1) is 11.6. The van der Waals surface area contributed by atoms with Crippen molar-refractivity contribution in [2.24, 2.45) is 0 Å². The summed E-state index contributed by atoms with van der Waals surface area (Å²) in [7, 11) is 0. The normalized spacial score (nSPS) is 14.4. The molecule has 0 fully saturated rings. The van der Waals surface area contributed by atoms with Crippen molar-refractivity contribution in [2.45, 2.75) is 26.0 Å². The number of halogens is 2. The van der Waals surface area contributed by atoms with Gasteiger partial charge in [-0.2, -0.15) is 8.78 Å². The number of nitrogens with zero attached hydrogens (tertiary/aromatic N) is 1. The monoisotopic (exact) mass is 332 g/mol. The maximum Gasteiger partial charge on any atom is 0.387 e. The number of para-hydroxylation sites is 3. The van der Waals surface area contributed by atoms with E-state index < -0.39 is 12.7 Å². The number of amides is 1. The number of carbonyl (C=O) groups is 1. The van der Waals surface area contributed by atoms with E-state index in [2.05, 4.69) is 10.1 Å². The minimum atomic E-state index is -2.94. The van der Waals surface area contributed by atoms with E-state index in [-0.39, 0.29) is 17.3 Å². The van der Waals surface area contributed by atoms with Crippen LogP contribution in [0.15, 0.2) is 48.5 Å². The number of nitrogens with one attached hydrogen (secondary N) is 1. The van der Waals surface area contributed by atoms with Gasteiger partial charge in [-0.05, 0) is 37.1 Å². The Morgan fingerprint density at radius 3 is 2.67 bits per heavy atom. The predicted molar refractivity (Wildman–Crippen MR) is 88.7 cm³/mol. The Labute approximate surface area is 139 Å². The van der Waals surface area contributed by atoms with E-state index in [9.17, 15) is 13.6 Å². The smallest absolute Gasteiger partial charge is 0.387 e. The van der Waals surface area contributed by atoms with Crippen molar-refractivity contribution in [1.29, 1.82) is 0 Å². The van der Waals surface area contributed by atoms with Gasteiger partial charge < -0.3 is 15.0 Å². The van der Waals surface area contributed by atoms with Gasteiger partial charge in [-0.25, -0.2) is 0 Å². The fourth-order valence-electron chi connectivity index (χ4n) is 2.91. The molecule has 0 unspecified atom stereocenters. The topological polar surface area (TPSA) is 41.6 Å². The van der Waals surface area contributed by atoms with Crippen molar-refractivity contribution in [3.05, 3.63) is 54.1 Å². The first kappa shape index (κ1) is 16.2. The van der Waals surface area contributed by atoms with Crippen LogP contribution >= 0.6 is 0 Å². The van der Waals surface area contributed by atoms with Gasteiger partial charge in [0.1, 0.15) is 11.8 Å². The average Bonchev–Trinajstić information content (AvgIpc) is 2.99. The Morgan fingerprint density at radius 2 is 1.88 bits per heavy atom. The van der Waals surface area contributed by atoms with Crippen LogP contribution in [-0.4, -0.2) is 25.1 Å².